The molecule has 42 heavy (non-hydrogen) atoms. The molecule has 2 unspecified atom stereocenters. The van der Waals surface area contributed by atoms with Gasteiger partial charge in [0.15, 0.2) is 0 Å². The second kappa shape index (κ2) is 8.37. The molecular formula is C37H51N3O2. The maximum absolute atomic E-state index is 11.3. The second-order valence-corrected chi connectivity index (χ2v) is 16.8. The third kappa shape index (κ3) is 2.85. The van der Waals surface area contributed by atoms with Gasteiger partial charge in [-0.1, -0.05) is 46.8 Å². The zero-order chi connectivity index (χ0) is 29.5. The Morgan fingerprint density at radius 2 is 1.71 bits per heavy atom. The van der Waals surface area contributed by atoms with E-state index in [1.807, 2.05) is 18.3 Å². The molecule has 8 rings (SSSR count). The molecular weight excluding hydrogens is 518 g/mol. The van der Waals surface area contributed by atoms with Crippen LogP contribution in [-0.4, -0.2) is 26.4 Å². The van der Waals surface area contributed by atoms with E-state index in [1.165, 1.54) is 50.5 Å². The Kier molecular flexibility index (Phi) is 5.49. The summed E-state index contributed by atoms with van der Waals surface area (Å²) < 4.78 is 6.61. The lowest BCUT2D eigenvalue weighted by Gasteiger charge is -2.72. The average Bonchev–Trinajstić information content (AvgIpc) is 3.38. The van der Waals surface area contributed by atoms with E-state index >= 15 is 0 Å². The summed E-state index contributed by atoms with van der Waals surface area (Å²) in [7, 11) is 0. The molecule has 1 spiro atoms. The lowest BCUT2D eigenvalue weighted by molar-refractivity contribution is -0.234. The van der Waals surface area contributed by atoms with E-state index in [1.54, 1.807) is 6.20 Å². The highest BCUT2D eigenvalue weighted by Gasteiger charge is 2.85. The van der Waals surface area contributed by atoms with Crippen LogP contribution in [0.25, 0.3) is 11.5 Å². The third-order valence-corrected chi connectivity index (χ3v) is 16.5. The maximum atomic E-state index is 11.3. The van der Waals surface area contributed by atoms with Gasteiger partial charge in [-0.2, -0.15) is 0 Å². The van der Waals surface area contributed by atoms with Crippen molar-refractivity contribution in [1.29, 1.82) is 0 Å². The van der Waals surface area contributed by atoms with E-state index in [0.717, 1.165) is 36.6 Å². The van der Waals surface area contributed by atoms with Gasteiger partial charge in [0.05, 0.1) is 17.1 Å². The molecule has 12 atom stereocenters. The molecule has 226 valence electrons. The summed E-state index contributed by atoms with van der Waals surface area (Å²) in [4.78, 5) is 4.29. The number of nitrogens with zero attached hydrogens (tertiary/aromatic N) is 3. The monoisotopic (exact) mass is 569 g/mol. The second-order valence-electron chi connectivity index (χ2n) is 16.8. The number of rotatable bonds is 3. The van der Waals surface area contributed by atoms with Crippen LogP contribution in [0.15, 0.2) is 41.1 Å². The van der Waals surface area contributed by atoms with E-state index in [4.69, 9.17) is 9.52 Å². The summed E-state index contributed by atoms with van der Waals surface area (Å²) in [6.45, 7) is 19.8. The van der Waals surface area contributed by atoms with Crippen molar-refractivity contribution < 1.29 is 9.52 Å². The first-order valence-corrected chi connectivity index (χ1v) is 17.0. The summed E-state index contributed by atoms with van der Waals surface area (Å²) in [6.07, 6.45) is 15.5. The van der Waals surface area contributed by atoms with Gasteiger partial charge in [-0.25, -0.2) is 0 Å². The summed E-state index contributed by atoms with van der Waals surface area (Å²) in [5.41, 5.74) is 3.45. The van der Waals surface area contributed by atoms with Crippen LogP contribution in [0.1, 0.15) is 112 Å². The van der Waals surface area contributed by atoms with Crippen LogP contribution >= 0.6 is 0 Å². The van der Waals surface area contributed by atoms with Gasteiger partial charge in [-0.3, -0.25) is 4.98 Å². The van der Waals surface area contributed by atoms with Crippen molar-refractivity contribution in [2.45, 2.75) is 117 Å². The molecule has 5 nitrogen and oxygen atoms in total. The molecule has 1 N–H and O–H groups in total. The molecule has 0 saturated heterocycles. The fourth-order valence-electron chi connectivity index (χ4n) is 14.2. The summed E-state index contributed by atoms with van der Waals surface area (Å²) >= 11 is 0. The Morgan fingerprint density at radius 3 is 2.45 bits per heavy atom. The number of aromatic nitrogens is 3. The lowest BCUT2D eigenvalue weighted by Crippen LogP contribution is -2.66. The molecule has 0 aliphatic heterocycles. The van der Waals surface area contributed by atoms with Crippen LogP contribution in [0.5, 0.6) is 0 Å². The Bertz CT molecular complexity index is 1440. The van der Waals surface area contributed by atoms with Gasteiger partial charge < -0.3 is 9.52 Å². The molecule has 2 aromatic heterocycles. The van der Waals surface area contributed by atoms with Crippen LogP contribution < -0.4 is 0 Å². The Morgan fingerprint density at radius 1 is 0.929 bits per heavy atom. The van der Waals surface area contributed by atoms with Crippen LogP contribution in [0.2, 0.25) is 0 Å². The van der Waals surface area contributed by atoms with Crippen LogP contribution in [0.3, 0.4) is 0 Å². The molecule has 0 bridgehead atoms. The Hall–Kier alpha value is -2.01. The highest BCUT2D eigenvalue weighted by Crippen LogP contribution is 2.89. The van der Waals surface area contributed by atoms with Crippen molar-refractivity contribution in [1.82, 2.24) is 15.2 Å². The van der Waals surface area contributed by atoms with Gasteiger partial charge in [0, 0.05) is 17.8 Å². The third-order valence-electron chi connectivity index (χ3n) is 16.5. The highest BCUT2D eigenvalue weighted by atomic mass is 16.4. The molecule has 6 aliphatic rings. The summed E-state index contributed by atoms with van der Waals surface area (Å²) in [6, 6.07) is 3.95. The van der Waals surface area contributed by atoms with Gasteiger partial charge in [0.2, 0.25) is 11.8 Å². The first-order chi connectivity index (χ1) is 19.9. The number of aliphatic hydroxyl groups excluding tert-OH is 1. The quantitative estimate of drug-likeness (QED) is 0.376. The largest absolute Gasteiger partial charge is 0.420 e. The topological polar surface area (TPSA) is 72.0 Å². The number of allylic oxidation sites excluding steroid dienone is 1. The number of fused-ring (bicyclic) bond motifs is 6. The van der Waals surface area contributed by atoms with Crippen LogP contribution in [0.4, 0.5) is 0 Å². The molecule has 0 radical (unpaired) electrons. The average molecular weight is 570 g/mol. The van der Waals surface area contributed by atoms with Crippen molar-refractivity contribution in [2.75, 3.05) is 0 Å². The standard InChI is InChI=1S/C37H51N3O2/c1-22(2)25-12-15-36(31-40-39-30(42-31)24-9-8-20-38-21-24)18-16-32(4)26(29(25)36)10-11-27-33(32,5)17-19-37-23(3)35(37,7)28(41)13-14-34(27,37)6/h8-9,20-21,23,25-29,41H,1,10-19H2,2-7H3/t23?,25-,26+,27-,28-,29+,32+,33+,34+,35?,36-,37-/m0/s1. The number of aliphatic hydroxyl groups is 1. The highest BCUT2D eigenvalue weighted by molar-refractivity contribution is 5.50. The van der Waals surface area contributed by atoms with E-state index in [0.29, 0.717) is 45.8 Å². The van der Waals surface area contributed by atoms with E-state index in [9.17, 15) is 5.11 Å². The first kappa shape index (κ1) is 27.5. The molecule has 2 heterocycles. The Balaban J connectivity index is 1.19. The maximum Gasteiger partial charge on any atom is 0.249 e. The van der Waals surface area contributed by atoms with Gasteiger partial charge in [-0.15, -0.1) is 10.2 Å². The van der Waals surface area contributed by atoms with Crippen molar-refractivity contribution in [2.24, 2.45) is 56.7 Å². The molecule has 6 saturated carbocycles. The van der Waals surface area contributed by atoms with Gasteiger partial charge in [-0.05, 0) is 135 Å². The molecule has 5 heteroatoms. The van der Waals surface area contributed by atoms with Crippen molar-refractivity contribution in [3.05, 3.63) is 42.6 Å². The molecule has 6 fully saturated rings. The zero-order valence-electron chi connectivity index (χ0n) is 26.7. The minimum atomic E-state index is -0.132. The fourth-order valence-corrected chi connectivity index (χ4v) is 14.2. The first-order valence-electron chi connectivity index (χ1n) is 17.0. The van der Waals surface area contributed by atoms with E-state index < -0.39 is 0 Å². The van der Waals surface area contributed by atoms with Crippen molar-refractivity contribution >= 4 is 0 Å². The normalized spacial score (nSPS) is 52.4. The minimum absolute atomic E-state index is 0.0667. The molecule has 6 aliphatic carbocycles. The summed E-state index contributed by atoms with van der Waals surface area (Å²) in [5.74, 6) is 4.43. The number of pyridine rings is 1. The molecule has 2 aromatic rings. The SMILES string of the molecule is C=C(C)[C@@H]1CC[C@]2(c3nnc(-c4cccnc4)o3)CC[C@]3(C)[C@H](CC[C@H]4[C@@]3(C)CC[C@@]35C(C)C3(C)[C@@H](O)CC[C@]45C)[C@@H]12. The van der Waals surface area contributed by atoms with Crippen molar-refractivity contribution in [3.63, 3.8) is 0 Å². The van der Waals surface area contributed by atoms with Crippen LogP contribution in [-0.2, 0) is 5.41 Å². The van der Waals surface area contributed by atoms with Gasteiger partial charge >= 0.3 is 0 Å². The smallest absolute Gasteiger partial charge is 0.249 e. The zero-order valence-corrected chi connectivity index (χ0v) is 26.7. The number of hydrogen-bond acceptors (Lipinski definition) is 5. The van der Waals surface area contributed by atoms with Crippen molar-refractivity contribution in [3.8, 4) is 11.5 Å². The molecule has 0 aromatic carbocycles. The van der Waals surface area contributed by atoms with E-state index in [2.05, 4.69) is 58.2 Å². The predicted octanol–water partition coefficient (Wildman–Crippen LogP) is 8.40. The van der Waals surface area contributed by atoms with Gasteiger partial charge in [0.25, 0.3) is 0 Å². The van der Waals surface area contributed by atoms with E-state index in [-0.39, 0.29) is 22.3 Å². The summed E-state index contributed by atoms with van der Waals surface area (Å²) in [5, 5.41) is 20.6. The van der Waals surface area contributed by atoms with Crippen LogP contribution in [0, 0.1) is 56.7 Å². The lowest BCUT2D eigenvalue weighted by atomic mass is 9.32. The molecule has 0 amide bonds. The fraction of sp³-hybridized carbons (Fsp3) is 0.757. The van der Waals surface area contributed by atoms with Gasteiger partial charge in [0.1, 0.15) is 0 Å². The number of hydrogen-bond donors (Lipinski definition) is 1. The minimum Gasteiger partial charge on any atom is -0.420 e. The Labute approximate surface area is 252 Å². The predicted molar refractivity (Wildman–Crippen MR) is 164 cm³/mol.